The summed E-state index contributed by atoms with van der Waals surface area (Å²) in [6.45, 7) is 1.53. The van der Waals surface area contributed by atoms with E-state index in [0.717, 1.165) is 0 Å². The van der Waals surface area contributed by atoms with Crippen molar-refractivity contribution >= 4 is 17.8 Å². The second kappa shape index (κ2) is 9.75. The minimum Gasteiger partial charge on any atom is -0.467 e. The predicted octanol–water partition coefficient (Wildman–Crippen LogP) is 1.85. The average Bonchev–Trinajstić information content (AvgIpc) is 2.66. The Bertz CT molecular complexity index is 952. The normalized spacial score (nSPS) is 10.5. The van der Waals surface area contributed by atoms with E-state index in [1.54, 1.807) is 19.1 Å². The van der Waals surface area contributed by atoms with Crippen LogP contribution in [0.1, 0.15) is 22.4 Å². The van der Waals surface area contributed by atoms with Gasteiger partial charge in [-0.3, -0.25) is 14.9 Å². The van der Waals surface area contributed by atoms with Crippen LogP contribution in [0.25, 0.3) is 0 Å². The molecule has 0 spiro atoms. The van der Waals surface area contributed by atoms with Gasteiger partial charge in [0.2, 0.25) is 5.88 Å². The van der Waals surface area contributed by atoms with Gasteiger partial charge in [0.1, 0.15) is 11.6 Å². The molecule has 0 fully saturated rings. The molecule has 0 aliphatic heterocycles. The summed E-state index contributed by atoms with van der Waals surface area (Å²) in [6, 6.07) is 9.48. The largest absolute Gasteiger partial charge is 0.467 e. The number of carbonyl (C=O) groups excluding carboxylic acids is 1. The lowest BCUT2D eigenvalue weighted by atomic mass is 10.1. The number of ether oxygens (including phenoxy) is 2. The van der Waals surface area contributed by atoms with Crippen molar-refractivity contribution in [2.45, 2.75) is 13.5 Å². The Labute approximate surface area is 160 Å². The fourth-order valence-electron chi connectivity index (χ4n) is 2.27. The molecule has 1 heterocycles. The second-order valence-corrected chi connectivity index (χ2v) is 5.58. The highest BCUT2D eigenvalue weighted by Crippen LogP contribution is 2.21. The van der Waals surface area contributed by atoms with Gasteiger partial charge in [-0.25, -0.2) is 10.4 Å². The van der Waals surface area contributed by atoms with E-state index >= 15 is 0 Å². The lowest BCUT2D eigenvalue weighted by molar-refractivity contribution is -0.384. The monoisotopic (exact) mass is 383 g/mol. The third kappa shape index (κ3) is 5.58. The van der Waals surface area contributed by atoms with Crippen molar-refractivity contribution in [2.24, 2.45) is 5.10 Å². The summed E-state index contributed by atoms with van der Waals surface area (Å²) >= 11 is 0. The maximum Gasteiger partial charge on any atom is 0.278 e. The van der Waals surface area contributed by atoms with Crippen molar-refractivity contribution < 1.29 is 19.2 Å². The molecule has 1 amide bonds. The lowest BCUT2D eigenvalue weighted by Gasteiger charge is -2.10. The van der Waals surface area contributed by atoms with Gasteiger partial charge in [0.15, 0.2) is 6.61 Å². The van der Waals surface area contributed by atoms with Gasteiger partial charge in [-0.15, -0.1) is 0 Å². The zero-order valence-electron chi connectivity index (χ0n) is 15.2. The number of carbonyl (C=O) groups is 1. The lowest BCUT2D eigenvalue weighted by Crippen LogP contribution is -2.25. The molecule has 0 saturated heterocycles. The first-order valence-electron chi connectivity index (χ1n) is 8.03. The molecular weight excluding hydrogens is 366 g/mol. The zero-order valence-corrected chi connectivity index (χ0v) is 15.2. The van der Waals surface area contributed by atoms with E-state index in [9.17, 15) is 20.2 Å². The van der Waals surface area contributed by atoms with Crippen LogP contribution in [-0.4, -0.2) is 35.7 Å². The van der Waals surface area contributed by atoms with Crippen LogP contribution in [0, 0.1) is 28.4 Å². The molecule has 0 radical (unpaired) electrons. The number of aryl methyl sites for hydroxylation is 1. The fourth-order valence-corrected chi connectivity index (χ4v) is 2.27. The number of nitro groups is 1. The van der Waals surface area contributed by atoms with Crippen molar-refractivity contribution in [3.05, 3.63) is 62.8 Å². The number of methoxy groups -OCH3 is 1. The summed E-state index contributed by atoms with van der Waals surface area (Å²) < 4.78 is 10.4. The highest BCUT2D eigenvalue weighted by atomic mass is 16.6. The molecule has 0 unspecified atom stereocenters. The summed E-state index contributed by atoms with van der Waals surface area (Å²) in [5.74, 6) is -0.547. The van der Waals surface area contributed by atoms with Gasteiger partial charge < -0.3 is 9.47 Å². The molecular formula is C18H17N5O5. The van der Waals surface area contributed by atoms with Crippen LogP contribution in [0.15, 0.2) is 35.4 Å². The van der Waals surface area contributed by atoms with E-state index in [0.29, 0.717) is 16.8 Å². The van der Waals surface area contributed by atoms with E-state index in [4.69, 9.17) is 9.47 Å². The fraction of sp³-hybridized carbons (Fsp3) is 0.222. The first-order chi connectivity index (χ1) is 13.4. The zero-order chi connectivity index (χ0) is 20.5. The third-order valence-corrected chi connectivity index (χ3v) is 3.43. The molecule has 0 aliphatic rings. The van der Waals surface area contributed by atoms with E-state index < -0.39 is 17.4 Å². The second-order valence-electron chi connectivity index (χ2n) is 5.58. The number of nitrogens with one attached hydrogen (secondary N) is 1. The predicted molar refractivity (Wildman–Crippen MR) is 98.7 cm³/mol. The van der Waals surface area contributed by atoms with Crippen LogP contribution in [-0.2, 0) is 16.1 Å². The first kappa shape index (κ1) is 20.5. The number of hydrogen-bond donors (Lipinski definition) is 1. The number of aromatic nitrogens is 1. The number of hydrogen-bond acceptors (Lipinski definition) is 8. The molecule has 0 saturated carbocycles. The van der Waals surface area contributed by atoms with Gasteiger partial charge in [0.05, 0.1) is 17.7 Å². The summed E-state index contributed by atoms with van der Waals surface area (Å²) in [5.41, 5.74) is 4.03. The van der Waals surface area contributed by atoms with E-state index in [1.165, 1.54) is 31.5 Å². The molecule has 10 nitrogen and oxygen atoms in total. The summed E-state index contributed by atoms with van der Waals surface area (Å²) in [5, 5.41) is 23.8. The number of nitro benzene ring substituents is 1. The number of amides is 1. The number of hydrazone groups is 1. The molecule has 1 aromatic heterocycles. The standard InChI is InChI=1S/C18H17N5O5/c1-12-6-14(10-27-2)16(8-19)18(21-12)28-11-17(24)22-20-9-13-4-3-5-15(7-13)23(25)26/h3-7,9H,10-11H2,1-2H3,(H,22,24). The van der Waals surface area contributed by atoms with Crippen molar-refractivity contribution in [1.82, 2.24) is 10.4 Å². The van der Waals surface area contributed by atoms with Gasteiger partial charge in [0.25, 0.3) is 11.6 Å². The first-order valence-corrected chi connectivity index (χ1v) is 8.03. The van der Waals surface area contributed by atoms with E-state index in [2.05, 4.69) is 15.5 Å². The molecule has 1 N–H and O–H groups in total. The van der Waals surface area contributed by atoms with Gasteiger partial charge in [-0.05, 0) is 13.0 Å². The summed E-state index contributed by atoms with van der Waals surface area (Å²) in [4.78, 5) is 26.2. The summed E-state index contributed by atoms with van der Waals surface area (Å²) in [7, 11) is 1.50. The SMILES string of the molecule is COCc1cc(C)nc(OCC(=O)NN=Cc2cccc([N+](=O)[O-])c2)c1C#N. The quantitative estimate of drug-likeness (QED) is 0.417. The number of pyridine rings is 1. The molecule has 2 aromatic rings. The van der Waals surface area contributed by atoms with Crippen LogP contribution in [0.4, 0.5) is 5.69 Å². The molecule has 28 heavy (non-hydrogen) atoms. The Morgan fingerprint density at radius 3 is 2.93 bits per heavy atom. The van der Waals surface area contributed by atoms with Crippen molar-refractivity contribution in [3.8, 4) is 11.9 Å². The van der Waals surface area contributed by atoms with Crippen LogP contribution in [0.3, 0.4) is 0 Å². The number of non-ortho nitro benzene ring substituents is 1. The van der Waals surface area contributed by atoms with Crippen LogP contribution >= 0.6 is 0 Å². The van der Waals surface area contributed by atoms with Gasteiger partial charge in [0, 0.05) is 36.1 Å². The maximum absolute atomic E-state index is 11.9. The minimum absolute atomic E-state index is 0.0346. The van der Waals surface area contributed by atoms with Gasteiger partial charge in [-0.2, -0.15) is 10.4 Å². The van der Waals surface area contributed by atoms with E-state index in [1.807, 2.05) is 6.07 Å². The Morgan fingerprint density at radius 2 is 2.25 bits per heavy atom. The number of nitrogens with zero attached hydrogens (tertiary/aromatic N) is 4. The Balaban J connectivity index is 1.99. The van der Waals surface area contributed by atoms with Gasteiger partial charge in [-0.1, -0.05) is 12.1 Å². The topological polar surface area (TPSA) is 140 Å². The molecule has 10 heteroatoms. The van der Waals surface area contributed by atoms with Gasteiger partial charge >= 0.3 is 0 Å². The summed E-state index contributed by atoms with van der Waals surface area (Å²) in [6.07, 6.45) is 1.27. The van der Waals surface area contributed by atoms with Crippen molar-refractivity contribution in [1.29, 1.82) is 5.26 Å². The average molecular weight is 383 g/mol. The van der Waals surface area contributed by atoms with E-state index in [-0.39, 0.29) is 23.7 Å². The molecule has 0 atom stereocenters. The highest BCUT2D eigenvalue weighted by molar-refractivity contribution is 5.83. The number of rotatable bonds is 8. The smallest absolute Gasteiger partial charge is 0.278 e. The Morgan fingerprint density at radius 1 is 1.46 bits per heavy atom. The van der Waals surface area contributed by atoms with Crippen molar-refractivity contribution in [3.63, 3.8) is 0 Å². The number of benzene rings is 1. The van der Waals surface area contributed by atoms with Crippen LogP contribution in [0.5, 0.6) is 5.88 Å². The van der Waals surface area contributed by atoms with Crippen LogP contribution in [0.2, 0.25) is 0 Å². The van der Waals surface area contributed by atoms with Crippen molar-refractivity contribution in [2.75, 3.05) is 13.7 Å². The highest BCUT2D eigenvalue weighted by Gasteiger charge is 2.14. The Hall–Kier alpha value is -3.84. The Kier molecular flexibility index (Phi) is 7.13. The molecule has 0 bridgehead atoms. The minimum atomic E-state index is -0.581. The number of nitriles is 1. The molecule has 2 rings (SSSR count). The molecule has 0 aliphatic carbocycles. The van der Waals surface area contributed by atoms with Crippen LogP contribution < -0.4 is 10.2 Å². The third-order valence-electron chi connectivity index (χ3n) is 3.43. The molecule has 144 valence electrons. The molecule has 1 aromatic carbocycles. The maximum atomic E-state index is 11.9.